The van der Waals surface area contributed by atoms with E-state index in [0.29, 0.717) is 0 Å². The molecule has 3 nitrogen and oxygen atoms in total. The molecule has 0 aromatic heterocycles. The molecule has 0 aliphatic heterocycles. The van der Waals surface area contributed by atoms with Crippen LogP contribution in [-0.2, 0) is 9.53 Å². The van der Waals surface area contributed by atoms with Crippen molar-refractivity contribution in [2.24, 2.45) is 5.41 Å². The highest BCUT2D eigenvalue weighted by Gasteiger charge is 2.23. The summed E-state index contributed by atoms with van der Waals surface area (Å²) in [5, 5.41) is 8.56. The maximum atomic E-state index is 10.4. The molecular formula is C7H12O3. The topological polar surface area (TPSA) is 46.5 Å². The predicted octanol–water partition coefficient (Wildman–Crippen LogP) is 1.26. The lowest BCUT2D eigenvalue weighted by molar-refractivity contribution is -0.144. The van der Waals surface area contributed by atoms with Crippen molar-refractivity contribution >= 4 is 5.97 Å². The molecule has 0 saturated carbocycles. The van der Waals surface area contributed by atoms with Crippen molar-refractivity contribution in [3.05, 3.63) is 12.3 Å². The predicted molar refractivity (Wildman–Crippen MR) is 37.6 cm³/mol. The van der Waals surface area contributed by atoms with Crippen molar-refractivity contribution < 1.29 is 14.6 Å². The Hall–Kier alpha value is -0.990. The minimum atomic E-state index is -0.860. The van der Waals surface area contributed by atoms with E-state index in [0.717, 1.165) is 0 Å². The molecule has 0 heterocycles. The van der Waals surface area contributed by atoms with Crippen molar-refractivity contribution in [2.75, 3.05) is 7.11 Å². The third-order valence-corrected chi connectivity index (χ3v) is 1.17. The Balaban J connectivity index is 4.12. The van der Waals surface area contributed by atoms with Crippen LogP contribution in [0.15, 0.2) is 12.3 Å². The molecule has 0 unspecified atom stereocenters. The summed E-state index contributed by atoms with van der Waals surface area (Å²) < 4.78 is 4.58. The maximum Gasteiger partial charge on any atom is 0.313 e. The van der Waals surface area contributed by atoms with Gasteiger partial charge in [0.15, 0.2) is 0 Å². The Bertz CT molecular complexity index is 147. The highest BCUT2D eigenvalue weighted by molar-refractivity contribution is 5.75. The maximum absolute atomic E-state index is 10.4. The molecule has 0 bridgehead atoms. The lowest BCUT2D eigenvalue weighted by atomic mass is 9.94. The molecule has 0 saturated heterocycles. The summed E-state index contributed by atoms with van der Waals surface area (Å²) in [6.45, 7) is 3.20. The summed E-state index contributed by atoms with van der Waals surface area (Å²) in [5.41, 5.74) is -0.837. The van der Waals surface area contributed by atoms with E-state index in [2.05, 4.69) is 4.74 Å². The first-order chi connectivity index (χ1) is 4.50. The average Bonchev–Trinajstić information content (AvgIpc) is 1.84. The number of hydrogen-bond acceptors (Lipinski definition) is 2. The number of rotatable bonds is 3. The molecule has 0 radical (unpaired) electrons. The second-order valence-electron chi connectivity index (χ2n) is 2.57. The van der Waals surface area contributed by atoms with Gasteiger partial charge in [-0.1, -0.05) is 0 Å². The third kappa shape index (κ3) is 2.53. The van der Waals surface area contributed by atoms with Gasteiger partial charge in [-0.3, -0.25) is 4.79 Å². The van der Waals surface area contributed by atoms with E-state index in [1.165, 1.54) is 19.4 Å². The van der Waals surface area contributed by atoms with Crippen LogP contribution in [0, 0.1) is 5.41 Å². The smallest absolute Gasteiger partial charge is 0.313 e. The van der Waals surface area contributed by atoms with Crippen LogP contribution < -0.4 is 0 Å². The summed E-state index contributed by atoms with van der Waals surface area (Å²) in [4.78, 5) is 10.4. The number of hydrogen-bond donors (Lipinski definition) is 1. The zero-order chi connectivity index (χ0) is 8.20. The summed E-state index contributed by atoms with van der Waals surface area (Å²) in [5.74, 6) is -0.860. The normalized spacial score (nSPS) is 11.9. The van der Waals surface area contributed by atoms with E-state index in [1.807, 2.05) is 0 Å². The first kappa shape index (κ1) is 9.01. The van der Waals surface area contributed by atoms with Crippen LogP contribution in [0.1, 0.15) is 13.8 Å². The highest BCUT2D eigenvalue weighted by atomic mass is 16.5. The molecule has 10 heavy (non-hydrogen) atoms. The molecule has 0 fully saturated rings. The molecule has 0 amide bonds. The number of carboxylic acids is 1. The van der Waals surface area contributed by atoms with Gasteiger partial charge in [-0.2, -0.15) is 0 Å². The fourth-order valence-electron chi connectivity index (χ4n) is 0.309. The molecule has 0 rings (SSSR count). The first-order valence-electron chi connectivity index (χ1n) is 2.94. The van der Waals surface area contributed by atoms with E-state index in [-0.39, 0.29) is 0 Å². The highest BCUT2D eigenvalue weighted by Crippen LogP contribution is 2.16. The molecule has 1 N–H and O–H groups in total. The van der Waals surface area contributed by atoms with Gasteiger partial charge in [-0.05, 0) is 19.9 Å². The molecule has 58 valence electrons. The molecule has 0 aromatic carbocycles. The third-order valence-electron chi connectivity index (χ3n) is 1.17. The van der Waals surface area contributed by atoms with Crippen molar-refractivity contribution in [2.45, 2.75) is 13.8 Å². The number of aliphatic carboxylic acids is 1. The van der Waals surface area contributed by atoms with Crippen molar-refractivity contribution in [1.82, 2.24) is 0 Å². The summed E-state index contributed by atoms with van der Waals surface area (Å²) in [6.07, 6.45) is 2.86. The van der Waals surface area contributed by atoms with Crippen LogP contribution >= 0.6 is 0 Å². The monoisotopic (exact) mass is 144 g/mol. The van der Waals surface area contributed by atoms with Crippen LogP contribution in [0.5, 0.6) is 0 Å². The standard InChI is InChI=1S/C7H12O3/c1-7(2,6(8)9)4-5-10-3/h4-5H,1-3H3,(H,8,9)/b5-4+. The van der Waals surface area contributed by atoms with Crippen molar-refractivity contribution in [3.8, 4) is 0 Å². The van der Waals surface area contributed by atoms with E-state index in [4.69, 9.17) is 5.11 Å². The second kappa shape index (κ2) is 3.25. The van der Waals surface area contributed by atoms with E-state index >= 15 is 0 Å². The van der Waals surface area contributed by atoms with Gasteiger partial charge < -0.3 is 9.84 Å². The minimum Gasteiger partial charge on any atom is -0.505 e. The quantitative estimate of drug-likeness (QED) is 0.606. The van der Waals surface area contributed by atoms with Gasteiger partial charge in [0.2, 0.25) is 0 Å². The van der Waals surface area contributed by atoms with Crippen LogP contribution in [0.25, 0.3) is 0 Å². The fourth-order valence-corrected chi connectivity index (χ4v) is 0.309. The van der Waals surface area contributed by atoms with Crippen molar-refractivity contribution in [3.63, 3.8) is 0 Å². The molecular weight excluding hydrogens is 132 g/mol. The summed E-state index contributed by atoms with van der Waals surface area (Å²) >= 11 is 0. The second-order valence-corrected chi connectivity index (χ2v) is 2.57. The first-order valence-corrected chi connectivity index (χ1v) is 2.94. The Labute approximate surface area is 60.3 Å². The number of methoxy groups -OCH3 is 1. The summed E-state index contributed by atoms with van der Waals surface area (Å²) in [6, 6.07) is 0. The van der Waals surface area contributed by atoms with Crippen molar-refractivity contribution in [1.29, 1.82) is 0 Å². The number of ether oxygens (including phenoxy) is 1. The van der Waals surface area contributed by atoms with E-state index in [1.54, 1.807) is 13.8 Å². The molecule has 0 aromatic rings. The molecule has 0 aliphatic carbocycles. The van der Waals surface area contributed by atoms with Gasteiger partial charge in [0, 0.05) is 0 Å². The van der Waals surface area contributed by atoms with Gasteiger partial charge in [0.25, 0.3) is 0 Å². The molecule has 3 heteroatoms. The molecule has 0 spiro atoms. The van der Waals surface area contributed by atoms with E-state index < -0.39 is 11.4 Å². The van der Waals surface area contributed by atoms with Gasteiger partial charge in [0.05, 0.1) is 18.8 Å². The number of carboxylic acid groups (broad SMARTS) is 1. The number of carbonyl (C=O) groups is 1. The Morgan fingerprint density at radius 2 is 2.10 bits per heavy atom. The average molecular weight is 144 g/mol. The fraction of sp³-hybridized carbons (Fsp3) is 0.571. The Morgan fingerprint density at radius 3 is 2.40 bits per heavy atom. The lowest BCUT2D eigenvalue weighted by Crippen LogP contribution is -2.20. The zero-order valence-electron chi connectivity index (χ0n) is 6.42. The van der Waals surface area contributed by atoms with Crippen LogP contribution in [0.4, 0.5) is 0 Å². The van der Waals surface area contributed by atoms with Gasteiger partial charge in [0.1, 0.15) is 0 Å². The van der Waals surface area contributed by atoms with Gasteiger partial charge in [-0.15, -0.1) is 0 Å². The zero-order valence-corrected chi connectivity index (χ0v) is 6.42. The van der Waals surface area contributed by atoms with Crippen LogP contribution in [0.2, 0.25) is 0 Å². The van der Waals surface area contributed by atoms with Gasteiger partial charge >= 0.3 is 5.97 Å². The Morgan fingerprint density at radius 1 is 1.60 bits per heavy atom. The molecule has 0 atom stereocenters. The van der Waals surface area contributed by atoms with Crippen LogP contribution in [0.3, 0.4) is 0 Å². The van der Waals surface area contributed by atoms with E-state index in [9.17, 15) is 4.79 Å². The van der Waals surface area contributed by atoms with Crippen LogP contribution in [-0.4, -0.2) is 18.2 Å². The minimum absolute atomic E-state index is 0.837. The largest absolute Gasteiger partial charge is 0.505 e. The SMILES string of the molecule is CO/C=C/C(C)(C)C(=O)O. The summed E-state index contributed by atoms with van der Waals surface area (Å²) in [7, 11) is 1.48. The molecule has 0 aliphatic rings. The Kier molecular flexibility index (Phi) is 2.93. The lowest BCUT2D eigenvalue weighted by Gasteiger charge is -2.11. The van der Waals surface area contributed by atoms with Gasteiger partial charge in [-0.25, -0.2) is 0 Å².